The first-order valence-electron chi connectivity index (χ1n) is 9.62. The van der Waals surface area contributed by atoms with Gasteiger partial charge in [-0.1, -0.05) is 23.7 Å². The van der Waals surface area contributed by atoms with Gasteiger partial charge in [0.25, 0.3) is 0 Å². The molecule has 7 heteroatoms. The molecular weight excluding hydrogens is 390 g/mol. The van der Waals surface area contributed by atoms with E-state index in [2.05, 4.69) is 10.6 Å². The van der Waals surface area contributed by atoms with Gasteiger partial charge in [-0.3, -0.25) is 4.79 Å². The van der Waals surface area contributed by atoms with E-state index in [-0.39, 0.29) is 11.9 Å². The van der Waals surface area contributed by atoms with Crippen LogP contribution in [0, 0.1) is 5.41 Å². The third kappa shape index (κ3) is 5.41. The highest BCUT2D eigenvalue weighted by Crippen LogP contribution is 2.30. The number of amides is 3. The molecule has 154 valence electrons. The largest absolute Gasteiger partial charge is 0.497 e. The van der Waals surface area contributed by atoms with Crippen molar-refractivity contribution in [3.8, 4) is 5.75 Å². The summed E-state index contributed by atoms with van der Waals surface area (Å²) in [6.45, 7) is 3.33. The molecule has 3 rings (SSSR count). The smallest absolute Gasteiger partial charge is 0.321 e. The summed E-state index contributed by atoms with van der Waals surface area (Å²) in [6, 6.07) is 14.4. The Balaban J connectivity index is 1.59. The molecule has 2 aromatic rings. The Kier molecular flexibility index (Phi) is 6.64. The van der Waals surface area contributed by atoms with Crippen LogP contribution in [0.5, 0.6) is 5.75 Å². The van der Waals surface area contributed by atoms with Crippen LogP contribution in [0.2, 0.25) is 5.02 Å². The number of piperidine rings is 1. The molecule has 0 aromatic heterocycles. The molecule has 3 amide bonds. The van der Waals surface area contributed by atoms with Crippen molar-refractivity contribution in [2.75, 3.05) is 25.5 Å². The Morgan fingerprint density at radius 3 is 2.69 bits per heavy atom. The first kappa shape index (κ1) is 21.0. The number of carbonyl (C=O) groups excluding carboxylic acids is 2. The van der Waals surface area contributed by atoms with Crippen LogP contribution in [0.3, 0.4) is 0 Å². The maximum absolute atomic E-state index is 12.9. The fourth-order valence-electron chi connectivity index (χ4n) is 3.51. The zero-order valence-electron chi connectivity index (χ0n) is 16.7. The first-order chi connectivity index (χ1) is 13.9. The van der Waals surface area contributed by atoms with Gasteiger partial charge in [-0.05, 0) is 61.7 Å². The monoisotopic (exact) mass is 415 g/mol. The van der Waals surface area contributed by atoms with E-state index >= 15 is 0 Å². The van der Waals surface area contributed by atoms with Crippen LogP contribution in [-0.2, 0) is 11.3 Å². The molecule has 0 radical (unpaired) electrons. The number of rotatable bonds is 5. The van der Waals surface area contributed by atoms with Crippen molar-refractivity contribution in [2.45, 2.75) is 26.3 Å². The second kappa shape index (κ2) is 9.18. The Morgan fingerprint density at radius 2 is 1.97 bits per heavy atom. The van der Waals surface area contributed by atoms with Crippen LogP contribution in [0.15, 0.2) is 48.5 Å². The number of hydrogen-bond donors (Lipinski definition) is 2. The molecule has 0 bridgehead atoms. The van der Waals surface area contributed by atoms with Gasteiger partial charge in [0.1, 0.15) is 5.75 Å². The van der Waals surface area contributed by atoms with Crippen LogP contribution in [-0.4, -0.2) is 37.0 Å². The normalized spacial score (nSPS) is 18.8. The van der Waals surface area contributed by atoms with E-state index in [1.165, 1.54) is 0 Å². The highest BCUT2D eigenvalue weighted by Gasteiger charge is 2.39. The predicted molar refractivity (Wildman–Crippen MR) is 114 cm³/mol. The van der Waals surface area contributed by atoms with Gasteiger partial charge < -0.3 is 20.3 Å². The molecule has 29 heavy (non-hydrogen) atoms. The van der Waals surface area contributed by atoms with Crippen molar-refractivity contribution in [3.63, 3.8) is 0 Å². The van der Waals surface area contributed by atoms with Gasteiger partial charge in [0.05, 0.1) is 12.5 Å². The number of benzene rings is 2. The zero-order chi connectivity index (χ0) is 20.9. The van der Waals surface area contributed by atoms with E-state index in [0.717, 1.165) is 24.2 Å². The maximum Gasteiger partial charge on any atom is 0.321 e. The van der Waals surface area contributed by atoms with Crippen molar-refractivity contribution in [3.05, 3.63) is 59.1 Å². The molecule has 2 N–H and O–H groups in total. The third-order valence-electron chi connectivity index (χ3n) is 5.21. The molecule has 0 spiro atoms. The second-order valence-electron chi connectivity index (χ2n) is 7.56. The van der Waals surface area contributed by atoms with Crippen molar-refractivity contribution >= 4 is 29.2 Å². The van der Waals surface area contributed by atoms with Crippen LogP contribution in [0.1, 0.15) is 25.3 Å². The average Bonchev–Trinajstić information content (AvgIpc) is 2.73. The minimum absolute atomic E-state index is 0.0516. The van der Waals surface area contributed by atoms with Gasteiger partial charge in [-0.2, -0.15) is 0 Å². The van der Waals surface area contributed by atoms with Crippen molar-refractivity contribution in [1.29, 1.82) is 0 Å². The molecule has 1 unspecified atom stereocenters. The number of anilines is 1. The molecule has 0 saturated carbocycles. The number of nitrogens with zero attached hydrogens (tertiary/aromatic N) is 1. The third-order valence-corrected chi connectivity index (χ3v) is 5.47. The Labute approximate surface area is 176 Å². The molecule has 1 saturated heterocycles. The van der Waals surface area contributed by atoms with E-state index < -0.39 is 5.41 Å². The van der Waals surface area contributed by atoms with Crippen LogP contribution < -0.4 is 15.4 Å². The number of ether oxygens (including phenoxy) is 1. The number of halogens is 1. The quantitative estimate of drug-likeness (QED) is 0.764. The molecular formula is C22H26ClN3O3. The van der Waals surface area contributed by atoms with E-state index in [9.17, 15) is 9.59 Å². The van der Waals surface area contributed by atoms with Gasteiger partial charge in [-0.15, -0.1) is 0 Å². The Bertz CT molecular complexity index is 872. The lowest BCUT2D eigenvalue weighted by Crippen LogP contribution is -2.52. The summed E-state index contributed by atoms with van der Waals surface area (Å²) in [5.41, 5.74) is 1.01. The average molecular weight is 416 g/mol. The number of likely N-dealkylation sites (tertiary alicyclic amines) is 1. The minimum atomic E-state index is -0.631. The highest BCUT2D eigenvalue weighted by molar-refractivity contribution is 6.30. The molecule has 1 fully saturated rings. The zero-order valence-corrected chi connectivity index (χ0v) is 17.5. The highest BCUT2D eigenvalue weighted by atomic mass is 35.5. The molecule has 1 atom stereocenters. The summed E-state index contributed by atoms with van der Waals surface area (Å²) in [7, 11) is 1.62. The lowest BCUT2D eigenvalue weighted by molar-refractivity contribution is -0.132. The van der Waals surface area contributed by atoms with Crippen LogP contribution in [0.25, 0.3) is 0 Å². The number of carbonyl (C=O) groups is 2. The summed E-state index contributed by atoms with van der Waals surface area (Å²) >= 11 is 5.89. The van der Waals surface area contributed by atoms with Gasteiger partial charge in [0, 0.05) is 30.3 Å². The summed E-state index contributed by atoms with van der Waals surface area (Å²) in [5.74, 6) is 0.704. The summed E-state index contributed by atoms with van der Waals surface area (Å²) in [6.07, 6.45) is 1.51. The van der Waals surface area contributed by atoms with Crippen molar-refractivity contribution in [1.82, 2.24) is 10.2 Å². The SMILES string of the molecule is COc1cccc(CNC(=O)C2(C)CCCN(C(=O)Nc3ccc(Cl)cc3)C2)c1. The van der Waals surface area contributed by atoms with Crippen LogP contribution in [0.4, 0.5) is 10.5 Å². The number of hydrogen-bond acceptors (Lipinski definition) is 3. The first-order valence-corrected chi connectivity index (χ1v) is 10.0. The number of nitrogens with one attached hydrogen (secondary N) is 2. The van der Waals surface area contributed by atoms with Crippen molar-refractivity contribution in [2.24, 2.45) is 5.41 Å². The fraction of sp³-hybridized carbons (Fsp3) is 0.364. The maximum atomic E-state index is 12.9. The van der Waals surface area contributed by atoms with E-state index in [4.69, 9.17) is 16.3 Å². The molecule has 1 aliphatic rings. The predicted octanol–water partition coefficient (Wildman–Crippen LogP) is 4.30. The van der Waals surface area contributed by atoms with Gasteiger partial charge in [0.15, 0.2) is 0 Å². The topological polar surface area (TPSA) is 70.7 Å². The standard InChI is InChI=1S/C22H26ClN3O3/c1-22(20(27)24-14-16-5-3-6-19(13-16)29-2)11-4-12-26(15-22)21(28)25-18-9-7-17(23)8-10-18/h3,5-10,13H,4,11-12,14-15H2,1-2H3,(H,24,27)(H,25,28). The summed E-state index contributed by atoms with van der Waals surface area (Å²) in [4.78, 5) is 27.2. The Morgan fingerprint density at radius 1 is 1.21 bits per heavy atom. The van der Waals surface area contributed by atoms with E-state index in [1.54, 1.807) is 36.3 Å². The van der Waals surface area contributed by atoms with Crippen molar-refractivity contribution < 1.29 is 14.3 Å². The van der Waals surface area contributed by atoms with E-state index in [1.807, 2.05) is 31.2 Å². The van der Waals surface area contributed by atoms with E-state index in [0.29, 0.717) is 30.3 Å². The molecule has 2 aromatic carbocycles. The van der Waals surface area contributed by atoms with Crippen LogP contribution >= 0.6 is 11.6 Å². The molecule has 6 nitrogen and oxygen atoms in total. The molecule has 1 aliphatic heterocycles. The number of urea groups is 1. The molecule has 1 heterocycles. The fourth-order valence-corrected chi connectivity index (χ4v) is 3.64. The lowest BCUT2D eigenvalue weighted by Gasteiger charge is -2.39. The Hall–Kier alpha value is -2.73. The molecule has 0 aliphatic carbocycles. The van der Waals surface area contributed by atoms with Gasteiger partial charge >= 0.3 is 6.03 Å². The van der Waals surface area contributed by atoms with Gasteiger partial charge in [-0.25, -0.2) is 4.79 Å². The number of methoxy groups -OCH3 is 1. The van der Waals surface area contributed by atoms with Gasteiger partial charge in [0.2, 0.25) is 5.91 Å². The summed E-state index contributed by atoms with van der Waals surface area (Å²) in [5, 5.41) is 6.49. The second-order valence-corrected chi connectivity index (χ2v) is 7.99. The summed E-state index contributed by atoms with van der Waals surface area (Å²) < 4.78 is 5.22. The lowest BCUT2D eigenvalue weighted by atomic mass is 9.81. The minimum Gasteiger partial charge on any atom is -0.497 e.